The fraction of sp³-hybridized carbons (Fsp3) is 0.318. The second kappa shape index (κ2) is 7.24. The fourth-order valence-corrected chi connectivity index (χ4v) is 3.78. The quantitative estimate of drug-likeness (QED) is 0.722. The molecule has 0 aliphatic carbocycles. The summed E-state index contributed by atoms with van der Waals surface area (Å²) in [5.74, 6) is 0. The van der Waals surface area contributed by atoms with Gasteiger partial charge < -0.3 is 4.90 Å². The largest absolute Gasteiger partial charge is 0.369 e. The molecule has 3 aromatic rings. The number of aryl methyl sites for hydroxylation is 1. The molecule has 0 spiro atoms. The zero-order valence-electron chi connectivity index (χ0n) is 14.9. The molecule has 3 heteroatoms. The Bertz CT molecular complexity index is 845. The lowest BCUT2D eigenvalue weighted by atomic mass is 10.1. The number of rotatable bonds is 4. The zero-order valence-corrected chi connectivity index (χ0v) is 14.9. The van der Waals surface area contributed by atoms with Gasteiger partial charge in [-0.05, 0) is 30.0 Å². The number of fused-ring (bicyclic) bond motifs is 1. The van der Waals surface area contributed by atoms with Crippen molar-refractivity contribution in [2.75, 3.05) is 37.6 Å². The van der Waals surface area contributed by atoms with E-state index in [1.54, 1.807) is 0 Å². The van der Waals surface area contributed by atoms with Crippen molar-refractivity contribution in [1.29, 1.82) is 0 Å². The molecule has 0 atom stereocenters. The van der Waals surface area contributed by atoms with Gasteiger partial charge in [0.05, 0.1) is 0 Å². The Kier molecular flexibility index (Phi) is 4.66. The molecule has 0 amide bonds. The number of benzene rings is 2. The van der Waals surface area contributed by atoms with Gasteiger partial charge in [0.1, 0.15) is 0 Å². The summed E-state index contributed by atoms with van der Waals surface area (Å²) in [6.45, 7) is 7.75. The van der Waals surface area contributed by atoms with E-state index in [0.717, 1.165) is 39.1 Å². The molecule has 3 nitrogen and oxygen atoms in total. The number of piperazine rings is 1. The van der Waals surface area contributed by atoms with Gasteiger partial charge in [-0.2, -0.15) is 0 Å². The van der Waals surface area contributed by atoms with E-state index in [-0.39, 0.29) is 0 Å². The molecule has 25 heavy (non-hydrogen) atoms. The Morgan fingerprint density at radius 1 is 0.880 bits per heavy atom. The second-order valence-corrected chi connectivity index (χ2v) is 6.84. The summed E-state index contributed by atoms with van der Waals surface area (Å²) in [5, 5.41) is 2.58. The van der Waals surface area contributed by atoms with Crippen molar-refractivity contribution < 1.29 is 0 Å². The maximum absolute atomic E-state index is 4.63. The van der Waals surface area contributed by atoms with Gasteiger partial charge in [0.25, 0.3) is 0 Å². The van der Waals surface area contributed by atoms with Gasteiger partial charge in [0, 0.05) is 62.1 Å². The summed E-state index contributed by atoms with van der Waals surface area (Å²) in [6.07, 6.45) is 2.96. The molecule has 0 unspecified atom stereocenters. The predicted octanol–water partition coefficient (Wildman–Crippen LogP) is 3.91. The van der Waals surface area contributed by atoms with Gasteiger partial charge in [-0.3, -0.25) is 9.88 Å². The van der Waals surface area contributed by atoms with Crippen LogP contribution in [0.1, 0.15) is 11.3 Å². The van der Waals surface area contributed by atoms with Crippen LogP contribution < -0.4 is 4.90 Å². The summed E-state index contributed by atoms with van der Waals surface area (Å²) in [4.78, 5) is 9.71. The van der Waals surface area contributed by atoms with Crippen LogP contribution in [0.4, 0.5) is 5.69 Å². The summed E-state index contributed by atoms with van der Waals surface area (Å²) in [5.41, 5.74) is 3.98. The predicted molar refractivity (Wildman–Crippen MR) is 105 cm³/mol. The first-order chi connectivity index (χ1) is 12.3. The molecule has 0 saturated carbocycles. The van der Waals surface area contributed by atoms with Crippen molar-refractivity contribution in [1.82, 2.24) is 9.88 Å². The Hall–Kier alpha value is -2.39. The lowest BCUT2D eigenvalue weighted by molar-refractivity contribution is 0.260. The number of hydrogen-bond donors (Lipinski definition) is 0. The summed E-state index contributed by atoms with van der Waals surface area (Å²) in [6, 6.07) is 19.4. The van der Waals surface area contributed by atoms with Crippen LogP contribution in [0.25, 0.3) is 10.8 Å². The molecule has 128 valence electrons. The fourth-order valence-electron chi connectivity index (χ4n) is 3.78. The number of anilines is 1. The van der Waals surface area contributed by atoms with Gasteiger partial charge in [0.15, 0.2) is 0 Å². The van der Waals surface area contributed by atoms with E-state index in [2.05, 4.69) is 76.3 Å². The molecule has 0 radical (unpaired) electrons. The maximum atomic E-state index is 4.63. The lowest BCUT2D eigenvalue weighted by Crippen LogP contribution is -2.47. The average molecular weight is 331 g/mol. The average Bonchev–Trinajstić information content (AvgIpc) is 2.67. The Morgan fingerprint density at radius 3 is 2.48 bits per heavy atom. The molecule has 1 aliphatic heterocycles. The number of pyridine rings is 1. The first-order valence-corrected chi connectivity index (χ1v) is 9.17. The highest BCUT2D eigenvalue weighted by molar-refractivity contribution is 5.84. The SMILES string of the molecule is Cc1ccccc1N1CCN(CCc2nccc3ccccc23)CC1. The number of para-hydroxylation sites is 1. The maximum Gasteiger partial charge on any atom is 0.0494 e. The van der Waals surface area contributed by atoms with Crippen molar-refractivity contribution >= 4 is 16.5 Å². The van der Waals surface area contributed by atoms with E-state index in [0.29, 0.717) is 0 Å². The molecule has 0 bridgehead atoms. The van der Waals surface area contributed by atoms with Crippen molar-refractivity contribution in [2.24, 2.45) is 0 Å². The first-order valence-electron chi connectivity index (χ1n) is 9.17. The minimum atomic E-state index is 1.02. The highest BCUT2D eigenvalue weighted by atomic mass is 15.3. The lowest BCUT2D eigenvalue weighted by Gasteiger charge is -2.36. The Balaban J connectivity index is 1.37. The van der Waals surface area contributed by atoms with Crippen LogP contribution in [0.15, 0.2) is 60.8 Å². The molecule has 4 rings (SSSR count). The van der Waals surface area contributed by atoms with Crippen molar-refractivity contribution in [3.63, 3.8) is 0 Å². The minimum absolute atomic E-state index is 1.02. The highest BCUT2D eigenvalue weighted by Gasteiger charge is 2.18. The van der Waals surface area contributed by atoms with E-state index in [9.17, 15) is 0 Å². The van der Waals surface area contributed by atoms with E-state index in [1.165, 1.54) is 27.7 Å². The van der Waals surface area contributed by atoms with Gasteiger partial charge in [-0.25, -0.2) is 0 Å². The van der Waals surface area contributed by atoms with Crippen LogP contribution in [0.2, 0.25) is 0 Å². The van der Waals surface area contributed by atoms with E-state index in [1.807, 2.05) is 6.20 Å². The van der Waals surface area contributed by atoms with Crippen LogP contribution in [0.5, 0.6) is 0 Å². The molecule has 1 aromatic heterocycles. The molecule has 0 N–H and O–H groups in total. The molecule has 2 aromatic carbocycles. The van der Waals surface area contributed by atoms with Crippen molar-refractivity contribution in [3.05, 3.63) is 72.1 Å². The van der Waals surface area contributed by atoms with E-state index < -0.39 is 0 Å². The standard InChI is InChI=1S/C22H25N3/c1-18-6-2-5-9-22(18)25-16-14-24(15-17-25)13-11-21-20-8-4-3-7-19(20)10-12-23-21/h2-10,12H,11,13-17H2,1H3. The van der Waals surface area contributed by atoms with Gasteiger partial charge >= 0.3 is 0 Å². The Labute approximate surface area is 149 Å². The third-order valence-electron chi connectivity index (χ3n) is 5.25. The van der Waals surface area contributed by atoms with Crippen LogP contribution in [-0.4, -0.2) is 42.6 Å². The summed E-state index contributed by atoms with van der Waals surface area (Å²) >= 11 is 0. The molecule has 1 saturated heterocycles. The first kappa shape index (κ1) is 16.1. The number of nitrogens with zero attached hydrogens (tertiary/aromatic N) is 3. The molecule has 1 fully saturated rings. The third-order valence-corrected chi connectivity index (χ3v) is 5.25. The molecule has 2 heterocycles. The number of aromatic nitrogens is 1. The molecular weight excluding hydrogens is 306 g/mol. The Morgan fingerprint density at radius 2 is 1.64 bits per heavy atom. The van der Waals surface area contributed by atoms with Gasteiger partial charge in [0.2, 0.25) is 0 Å². The number of hydrogen-bond acceptors (Lipinski definition) is 3. The van der Waals surface area contributed by atoms with E-state index in [4.69, 9.17) is 0 Å². The van der Waals surface area contributed by atoms with E-state index >= 15 is 0 Å². The van der Waals surface area contributed by atoms with Crippen molar-refractivity contribution in [3.8, 4) is 0 Å². The van der Waals surface area contributed by atoms with Crippen LogP contribution in [-0.2, 0) is 6.42 Å². The molecular formula is C22H25N3. The summed E-state index contributed by atoms with van der Waals surface area (Å²) < 4.78 is 0. The van der Waals surface area contributed by atoms with Gasteiger partial charge in [-0.15, -0.1) is 0 Å². The minimum Gasteiger partial charge on any atom is -0.369 e. The third kappa shape index (κ3) is 3.52. The van der Waals surface area contributed by atoms with Crippen LogP contribution in [0, 0.1) is 6.92 Å². The smallest absolute Gasteiger partial charge is 0.0494 e. The zero-order chi connectivity index (χ0) is 17.1. The monoisotopic (exact) mass is 331 g/mol. The highest BCUT2D eigenvalue weighted by Crippen LogP contribution is 2.21. The van der Waals surface area contributed by atoms with Crippen LogP contribution in [0.3, 0.4) is 0 Å². The van der Waals surface area contributed by atoms with Crippen LogP contribution >= 0.6 is 0 Å². The normalized spacial score (nSPS) is 15.6. The molecule has 1 aliphatic rings. The topological polar surface area (TPSA) is 19.4 Å². The van der Waals surface area contributed by atoms with Gasteiger partial charge in [-0.1, -0.05) is 42.5 Å². The summed E-state index contributed by atoms with van der Waals surface area (Å²) in [7, 11) is 0. The second-order valence-electron chi connectivity index (χ2n) is 6.84. The van der Waals surface area contributed by atoms with Crippen molar-refractivity contribution in [2.45, 2.75) is 13.3 Å².